The summed E-state index contributed by atoms with van der Waals surface area (Å²) in [6.07, 6.45) is -0.775. The van der Waals surface area contributed by atoms with Gasteiger partial charge in [-0.2, -0.15) is 0 Å². The number of amides is 1. The summed E-state index contributed by atoms with van der Waals surface area (Å²) in [6, 6.07) is 2.78. The molecule has 1 aromatic heterocycles. The Bertz CT molecular complexity index is 458. The third-order valence-electron chi connectivity index (χ3n) is 2.65. The number of carbonyl (C=O) groups excluding carboxylic acids is 1. The van der Waals surface area contributed by atoms with Crippen LogP contribution in [0.2, 0.25) is 0 Å². The van der Waals surface area contributed by atoms with Crippen molar-refractivity contribution in [3.63, 3.8) is 0 Å². The number of nitrogens with zero attached hydrogens (tertiary/aromatic N) is 1. The molecule has 1 aliphatic heterocycles. The van der Waals surface area contributed by atoms with Crippen molar-refractivity contribution < 1.29 is 13.9 Å². The van der Waals surface area contributed by atoms with Gasteiger partial charge < -0.3 is 15.4 Å². The van der Waals surface area contributed by atoms with Crippen LogP contribution in [-0.2, 0) is 4.79 Å². The van der Waals surface area contributed by atoms with Crippen molar-refractivity contribution in [2.45, 2.75) is 18.6 Å². The minimum absolute atomic E-state index is 0.191. The molecule has 1 fully saturated rings. The summed E-state index contributed by atoms with van der Waals surface area (Å²) < 4.78 is 18.6. The van der Waals surface area contributed by atoms with Gasteiger partial charge in [0, 0.05) is 25.1 Å². The van der Waals surface area contributed by atoms with E-state index in [9.17, 15) is 9.18 Å². The van der Waals surface area contributed by atoms with Crippen molar-refractivity contribution >= 4 is 27.7 Å². The highest BCUT2D eigenvalue weighted by atomic mass is 79.9. The van der Waals surface area contributed by atoms with E-state index in [2.05, 4.69) is 31.5 Å². The maximum absolute atomic E-state index is 13.0. The third kappa shape index (κ3) is 3.17. The predicted molar refractivity (Wildman–Crippen MR) is 68.4 cm³/mol. The molecule has 2 rings (SSSR count). The minimum Gasteiger partial charge on any atom is -0.497 e. The molecular weight excluding hydrogens is 305 g/mol. The minimum atomic E-state index is -0.967. The zero-order valence-corrected chi connectivity index (χ0v) is 11.3. The number of ether oxygens (including phenoxy) is 1. The van der Waals surface area contributed by atoms with Crippen molar-refractivity contribution in [2.24, 2.45) is 0 Å². The van der Waals surface area contributed by atoms with Gasteiger partial charge in [-0.05, 0) is 15.9 Å². The molecule has 1 saturated heterocycles. The summed E-state index contributed by atoms with van der Waals surface area (Å²) >= 11 is 3.22. The Balaban J connectivity index is 2.04. The van der Waals surface area contributed by atoms with E-state index in [0.29, 0.717) is 16.2 Å². The summed E-state index contributed by atoms with van der Waals surface area (Å²) in [5.74, 6) is 0.660. The van der Waals surface area contributed by atoms with Gasteiger partial charge in [-0.1, -0.05) is 0 Å². The second kappa shape index (κ2) is 5.62. The lowest BCUT2D eigenvalue weighted by atomic mass is 10.2. The number of alkyl halides is 1. The molecule has 7 heteroatoms. The van der Waals surface area contributed by atoms with E-state index in [0.717, 1.165) is 0 Å². The smallest absolute Gasteiger partial charge is 0.242 e. The lowest BCUT2D eigenvalue weighted by Gasteiger charge is -2.11. The van der Waals surface area contributed by atoms with E-state index < -0.39 is 12.2 Å². The van der Waals surface area contributed by atoms with Crippen LogP contribution in [0.15, 0.2) is 16.7 Å². The number of aromatic nitrogens is 1. The number of methoxy groups -OCH3 is 1. The Morgan fingerprint density at radius 3 is 3.06 bits per heavy atom. The molecule has 5 nitrogen and oxygen atoms in total. The first-order valence-electron chi connectivity index (χ1n) is 5.48. The maximum Gasteiger partial charge on any atom is 0.242 e. The molecule has 2 unspecified atom stereocenters. The van der Waals surface area contributed by atoms with Crippen LogP contribution < -0.4 is 15.4 Å². The van der Waals surface area contributed by atoms with E-state index >= 15 is 0 Å². The molecule has 2 heterocycles. The Morgan fingerprint density at radius 1 is 1.67 bits per heavy atom. The first kappa shape index (κ1) is 13.2. The zero-order chi connectivity index (χ0) is 13.1. The number of hydrogen-bond donors (Lipinski definition) is 2. The zero-order valence-electron chi connectivity index (χ0n) is 9.74. The van der Waals surface area contributed by atoms with Crippen LogP contribution in [-0.4, -0.2) is 36.8 Å². The van der Waals surface area contributed by atoms with E-state index in [1.54, 1.807) is 12.1 Å². The Kier molecular flexibility index (Phi) is 4.13. The van der Waals surface area contributed by atoms with Crippen LogP contribution >= 0.6 is 15.9 Å². The Hall–Kier alpha value is -1.21. The molecule has 0 saturated carbocycles. The second-order valence-electron chi connectivity index (χ2n) is 4.00. The molecule has 0 aliphatic carbocycles. The predicted octanol–water partition coefficient (Wildman–Crippen LogP) is 1.49. The van der Waals surface area contributed by atoms with Crippen molar-refractivity contribution in [1.82, 2.24) is 10.3 Å². The van der Waals surface area contributed by atoms with Crippen LogP contribution in [0.4, 0.5) is 10.2 Å². The summed E-state index contributed by atoms with van der Waals surface area (Å²) in [5.41, 5.74) is 0. The average Bonchev–Trinajstić information content (AvgIpc) is 2.75. The first-order valence-corrected chi connectivity index (χ1v) is 6.27. The molecule has 2 atom stereocenters. The maximum atomic E-state index is 13.0. The van der Waals surface area contributed by atoms with Crippen molar-refractivity contribution in [1.29, 1.82) is 0 Å². The lowest BCUT2D eigenvalue weighted by Crippen LogP contribution is -2.35. The van der Waals surface area contributed by atoms with Gasteiger partial charge in [0.05, 0.1) is 13.2 Å². The number of nitrogens with one attached hydrogen (secondary N) is 2. The van der Waals surface area contributed by atoms with Crippen molar-refractivity contribution in [3.8, 4) is 5.75 Å². The van der Waals surface area contributed by atoms with Gasteiger partial charge in [-0.15, -0.1) is 0 Å². The molecule has 1 amide bonds. The van der Waals surface area contributed by atoms with Crippen LogP contribution in [0, 0.1) is 0 Å². The molecule has 98 valence electrons. The number of anilines is 1. The van der Waals surface area contributed by atoms with Crippen molar-refractivity contribution in [2.75, 3.05) is 19.0 Å². The molecule has 1 aliphatic rings. The van der Waals surface area contributed by atoms with E-state index in [-0.39, 0.29) is 18.9 Å². The molecular formula is C11H13BrFN3O2. The summed E-state index contributed by atoms with van der Waals surface area (Å²) in [7, 11) is 1.53. The standard InChI is InChI=1S/C11H13BrFN3O2/c1-18-7-3-9(12)15-10(4-7)16-11(17)8-2-6(13)5-14-8/h3-4,6,8,14H,2,5H2,1H3,(H,15,16,17). The highest BCUT2D eigenvalue weighted by Crippen LogP contribution is 2.21. The molecule has 0 bridgehead atoms. The molecule has 0 radical (unpaired) electrons. The van der Waals surface area contributed by atoms with Gasteiger partial charge in [0.1, 0.15) is 22.3 Å². The van der Waals surface area contributed by atoms with Gasteiger partial charge in [0.25, 0.3) is 0 Å². The van der Waals surface area contributed by atoms with E-state index in [1.165, 1.54) is 7.11 Å². The largest absolute Gasteiger partial charge is 0.497 e. The topological polar surface area (TPSA) is 63.2 Å². The van der Waals surface area contributed by atoms with Crippen LogP contribution in [0.3, 0.4) is 0 Å². The number of rotatable bonds is 3. The third-order valence-corrected chi connectivity index (χ3v) is 3.05. The van der Waals surface area contributed by atoms with Gasteiger partial charge in [-0.25, -0.2) is 9.37 Å². The Morgan fingerprint density at radius 2 is 2.44 bits per heavy atom. The number of pyridine rings is 1. The summed E-state index contributed by atoms with van der Waals surface area (Å²) in [6.45, 7) is 0.216. The normalized spacial score (nSPS) is 22.8. The SMILES string of the molecule is COc1cc(Br)nc(NC(=O)C2CC(F)CN2)c1. The van der Waals surface area contributed by atoms with E-state index in [1.807, 2.05) is 0 Å². The Labute approximate surface area is 112 Å². The van der Waals surface area contributed by atoms with Crippen LogP contribution in [0.5, 0.6) is 5.75 Å². The fraction of sp³-hybridized carbons (Fsp3) is 0.455. The number of hydrogen-bond acceptors (Lipinski definition) is 4. The molecule has 2 N–H and O–H groups in total. The van der Waals surface area contributed by atoms with Crippen LogP contribution in [0.25, 0.3) is 0 Å². The second-order valence-corrected chi connectivity index (χ2v) is 4.81. The monoisotopic (exact) mass is 317 g/mol. The average molecular weight is 318 g/mol. The van der Waals surface area contributed by atoms with Gasteiger partial charge in [-0.3, -0.25) is 4.79 Å². The molecule has 1 aromatic rings. The lowest BCUT2D eigenvalue weighted by molar-refractivity contribution is -0.117. The quantitative estimate of drug-likeness (QED) is 0.829. The fourth-order valence-electron chi connectivity index (χ4n) is 1.76. The highest BCUT2D eigenvalue weighted by molar-refractivity contribution is 9.10. The molecule has 0 aromatic carbocycles. The fourth-order valence-corrected chi connectivity index (χ4v) is 2.18. The van der Waals surface area contributed by atoms with Gasteiger partial charge in [0.15, 0.2) is 0 Å². The summed E-state index contributed by atoms with van der Waals surface area (Å²) in [4.78, 5) is 15.9. The number of halogens is 2. The molecule has 0 spiro atoms. The number of carbonyl (C=O) groups is 1. The van der Waals surface area contributed by atoms with Crippen LogP contribution in [0.1, 0.15) is 6.42 Å². The first-order chi connectivity index (χ1) is 8.58. The molecule has 18 heavy (non-hydrogen) atoms. The van der Waals surface area contributed by atoms with E-state index in [4.69, 9.17) is 4.74 Å². The van der Waals surface area contributed by atoms with Gasteiger partial charge >= 0.3 is 0 Å². The highest BCUT2D eigenvalue weighted by Gasteiger charge is 2.29. The van der Waals surface area contributed by atoms with Crippen molar-refractivity contribution in [3.05, 3.63) is 16.7 Å². The van der Waals surface area contributed by atoms with Gasteiger partial charge in [0.2, 0.25) is 5.91 Å². The summed E-state index contributed by atoms with van der Waals surface area (Å²) in [5, 5.41) is 5.44.